The van der Waals surface area contributed by atoms with E-state index in [0.29, 0.717) is 12.1 Å². The summed E-state index contributed by atoms with van der Waals surface area (Å²) in [5, 5.41) is 9.02. The summed E-state index contributed by atoms with van der Waals surface area (Å²) < 4.78 is 0. The molecule has 0 spiro atoms. The largest absolute Gasteiger partial charge is 0.480 e. The van der Waals surface area contributed by atoms with Gasteiger partial charge in [-0.2, -0.15) is 0 Å². The lowest BCUT2D eigenvalue weighted by Gasteiger charge is -2.32. The van der Waals surface area contributed by atoms with Crippen molar-refractivity contribution in [3.8, 4) is 0 Å². The highest BCUT2D eigenvalue weighted by Gasteiger charge is 2.37. The predicted molar refractivity (Wildman–Crippen MR) is 67.1 cm³/mol. The van der Waals surface area contributed by atoms with Gasteiger partial charge in [0.05, 0.1) is 6.54 Å². The third-order valence-electron chi connectivity index (χ3n) is 4.20. The van der Waals surface area contributed by atoms with Gasteiger partial charge in [0.15, 0.2) is 0 Å². The topological polar surface area (TPSA) is 43.8 Å². The molecule has 1 heterocycles. The zero-order valence-corrected chi connectivity index (χ0v) is 10.9. The van der Waals surface area contributed by atoms with Crippen LogP contribution >= 0.6 is 0 Å². The van der Waals surface area contributed by atoms with Gasteiger partial charge < -0.3 is 5.11 Å². The molecule has 4 nitrogen and oxygen atoms in total. The molecule has 4 heteroatoms. The van der Waals surface area contributed by atoms with Gasteiger partial charge in [-0.1, -0.05) is 6.92 Å². The molecule has 1 saturated heterocycles. The Kier molecular flexibility index (Phi) is 4.05. The van der Waals surface area contributed by atoms with E-state index >= 15 is 0 Å². The molecule has 0 aromatic rings. The summed E-state index contributed by atoms with van der Waals surface area (Å²) in [6.45, 7) is 6.69. The van der Waals surface area contributed by atoms with Crippen LogP contribution in [0.2, 0.25) is 0 Å². The molecule has 0 bridgehead atoms. The average molecular weight is 240 g/mol. The fourth-order valence-electron chi connectivity index (χ4n) is 2.85. The molecular formula is C13H24N2O2. The first-order valence-electron chi connectivity index (χ1n) is 6.83. The van der Waals surface area contributed by atoms with Crippen LogP contribution in [0.25, 0.3) is 0 Å². The molecule has 1 aliphatic heterocycles. The van der Waals surface area contributed by atoms with Crippen molar-refractivity contribution in [2.24, 2.45) is 0 Å². The highest BCUT2D eigenvalue weighted by atomic mass is 16.4. The molecule has 98 valence electrons. The molecule has 2 atom stereocenters. The molecule has 0 radical (unpaired) electrons. The summed E-state index contributed by atoms with van der Waals surface area (Å²) in [6.07, 6.45) is 4.84. The standard InChI is InChI=1S/C13H24N2O2/c1-3-10(2)15(9-13(16)17)12-6-7-14(8-12)11-4-5-11/h10-12H,3-9H2,1-2H3,(H,16,17). The van der Waals surface area contributed by atoms with Crippen LogP contribution < -0.4 is 0 Å². The van der Waals surface area contributed by atoms with E-state index in [2.05, 4.69) is 23.6 Å². The fourth-order valence-corrected chi connectivity index (χ4v) is 2.85. The van der Waals surface area contributed by atoms with E-state index in [1.165, 1.54) is 12.8 Å². The molecule has 2 rings (SSSR count). The predicted octanol–water partition coefficient (Wildman–Crippen LogP) is 1.41. The number of likely N-dealkylation sites (tertiary alicyclic amines) is 1. The van der Waals surface area contributed by atoms with Gasteiger partial charge in [0, 0.05) is 31.2 Å². The normalized spacial score (nSPS) is 27.6. The number of carboxylic acid groups (broad SMARTS) is 1. The van der Waals surface area contributed by atoms with Crippen LogP contribution in [0.4, 0.5) is 0 Å². The van der Waals surface area contributed by atoms with Crippen molar-refractivity contribution < 1.29 is 9.90 Å². The van der Waals surface area contributed by atoms with Crippen LogP contribution in [0.1, 0.15) is 39.5 Å². The van der Waals surface area contributed by atoms with Crippen LogP contribution in [0.5, 0.6) is 0 Å². The third-order valence-corrected chi connectivity index (χ3v) is 4.20. The Hall–Kier alpha value is -0.610. The molecule has 2 unspecified atom stereocenters. The maximum absolute atomic E-state index is 11.0. The van der Waals surface area contributed by atoms with Gasteiger partial charge >= 0.3 is 5.97 Å². The minimum atomic E-state index is -0.699. The molecule has 17 heavy (non-hydrogen) atoms. The lowest BCUT2D eigenvalue weighted by atomic mass is 10.1. The molecular weight excluding hydrogens is 216 g/mol. The van der Waals surface area contributed by atoms with Crippen LogP contribution in [-0.2, 0) is 4.79 Å². The third kappa shape index (κ3) is 3.19. The van der Waals surface area contributed by atoms with Gasteiger partial charge in [-0.05, 0) is 32.6 Å². The van der Waals surface area contributed by atoms with Crippen molar-refractivity contribution in [3.05, 3.63) is 0 Å². The Bertz CT molecular complexity index is 279. The highest BCUT2D eigenvalue weighted by Crippen LogP contribution is 2.31. The van der Waals surface area contributed by atoms with Crippen molar-refractivity contribution >= 4 is 5.97 Å². The minimum Gasteiger partial charge on any atom is -0.480 e. The molecule has 0 aromatic carbocycles. The van der Waals surface area contributed by atoms with Crippen LogP contribution in [0.15, 0.2) is 0 Å². The van der Waals surface area contributed by atoms with Gasteiger partial charge in [-0.15, -0.1) is 0 Å². The van der Waals surface area contributed by atoms with Crippen molar-refractivity contribution in [1.29, 1.82) is 0 Å². The Labute approximate surface area is 104 Å². The monoisotopic (exact) mass is 240 g/mol. The molecule has 2 fully saturated rings. The number of nitrogens with zero attached hydrogens (tertiary/aromatic N) is 2. The Morgan fingerprint density at radius 3 is 2.71 bits per heavy atom. The maximum atomic E-state index is 11.0. The van der Waals surface area contributed by atoms with Gasteiger partial charge in [-0.25, -0.2) is 0 Å². The quantitative estimate of drug-likeness (QED) is 0.762. The summed E-state index contributed by atoms with van der Waals surface area (Å²) in [5.74, 6) is -0.699. The lowest BCUT2D eigenvalue weighted by molar-refractivity contribution is -0.139. The Balaban J connectivity index is 1.92. The number of aliphatic carboxylic acids is 1. The van der Waals surface area contributed by atoms with E-state index < -0.39 is 5.97 Å². The van der Waals surface area contributed by atoms with Crippen molar-refractivity contribution in [2.45, 2.75) is 57.7 Å². The highest BCUT2D eigenvalue weighted by molar-refractivity contribution is 5.69. The molecule has 0 aromatic heterocycles. The number of hydrogen-bond acceptors (Lipinski definition) is 3. The number of hydrogen-bond donors (Lipinski definition) is 1. The second-order valence-electron chi connectivity index (χ2n) is 5.49. The molecule has 2 aliphatic rings. The van der Waals surface area contributed by atoms with Crippen molar-refractivity contribution in [1.82, 2.24) is 9.80 Å². The summed E-state index contributed by atoms with van der Waals surface area (Å²) >= 11 is 0. The SMILES string of the molecule is CCC(C)N(CC(=O)O)C1CCN(C2CC2)C1. The molecule has 1 N–H and O–H groups in total. The van der Waals surface area contributed by atoms with E-state index in [9.17, 15) is 4.79 Å². The summed E-state index contributed by atoms with van der Waals surface area (Å²) in [4.78, 5) is 15.7. The second kappa shape index (κ2) is 5.36. The van der Waals surface area contributed by atoms with Crippen molar-refractivity contribution in [3.63, 3.8) is 0 Å². The zero-order valence-electron chi connectivity index (χ0n) is 10.9. The summed E-state index contributed by atoms with van der Waals surface area (Å²) in [7, 11) is 0. The number of carbonyl (C=O) groups is 1. The van der Waals surface area contributed by atoms with Crippen LogP contribution in [-0.4, -0.2) is 58.6 Å². The van der Waals surface area contributed by atoms with Crippen LogP contribution in [0.3, 0.4) is 0 Å². The van der Waals surface area contributed by atoms with Gasteiger partial charge in [0.25, 0.3) is 0 Å². The smallest absolute Gasteiger partial charge is 0.317 e. The summed E-state index contributed by atoms with van der Waals surface area (Å²) in [5.41, 5.74) is 0. The minimum absolute atomic E-state index is 0.193. The number of rotatable bonds is 6. The molecule has 0 amide bonds. The zero-order chi connectivity index (χ0) is 12.4. The first kappa shape index (κ1) is 12.8. The average Bonchev–Trinajstić information content (AvgIpc) is 3.04. The maximum Gasteiger partial charge on any atom is 0.317 e. The van der Waals surface area contributed by atoms with E-state index in [4.69, 9.17) is 5.11 Å². The molecule has 1 aliphatic carbocycles. The molecule has 1 saturated carbocycles. The Morgan fingerprint density at radius 2 is 2.18 bits per heavy atom. The second-order valence-corrected chi connectivity index (χ2v) is 5.49. The van der Waals surface area contributed by atoms with Crippen LogP contribution in [0, 0.1) is 0 Å². The first-order valence-corrected chi connectivity index (χ1v) is 6.83. The van der Waals surface area contributed by atoms with Gasteiger partial charge in [-0.3, -0.25) is 14.6 Å². The van der Waals surface area contributed by atoms with E-state index in [0.717, 1.165) is 32.0 Å². The van der Waals surface area contributed by atoms with E-state index in [1.54, 1.807) is 0 Å². The van der Waals surface area contributed by atoms with E-state index in [-0.39, 0.29) is 6.54 Å². The fraction of sp³-hybridized carbons (Fsp3) is 0.923. The van der Waals surface area contributed by atoms with E-state index in [1.807, 2.05) is 0 Å². The number of carboxylic acids is 1. The summed E-state index contributed by atoms with van der Waals surface area (Å²) in [6, 6.07) is 1.63. The Morgan fingerprint density at radius 1 is 1.47 bits per heavy atom. The van der Waals surface area contributed by atoms with Gasteiger partial charge in [0.1, 0.15) is 0 Å². The lowest BCUT2D eigenvalue weighted by Crippen LogP contribution is -2.46. The van der Waals surface area contributed by atoms with Gasteiger partial charge in [0.2, 0.25) is 0 Å². The first-order chi connectivity index (χ1) is 8.11. The van der Waals surface area contributed by atoms with Crippen molar-refractivity contribution in [2.75, 3.05) is 19.6 Å².